The molecule has 0 spiro atoms. The van der Waals surface area contributed by atoms with Crippen molar-refractivity contribution in [2.75, 3.05) is 27.2 Å². The fourth-order valence-electron chi connectivity index (χ4n) is 2.49. The van der Waals surface area contributed by atoms with Crippen LogP contribution in [0.1, 0.15) is 12.5 Å². The molecule has 0 aliphatic carbocycles. The molecule has 2 N–H and O–H groups in total. The average Bonchev–Trinajstić information content (AvgIpc) is 2.77. The van der Waals surface area contributed by atoms with Crippen molar-refractivity contribution in [3.63, 3.8) is 0 Å². The number of halogens is 1. The van der Waals surface area contributed by atoms with Crippen molar-refractivity contribution < 1.29 is 19.0 Å². The third-order valence-electron chi connectivity index (χ3n) is 3.29. The summed E-state index contributed by atoms with van der Waals surface area (Å²) in [6.45, 7) is 2.23. The van der Waals surface area contributed by atoms with E-state index in [1.165, 1.54) is 18.2 Å². The molecule has 0 saturated heterocycles. The van der Waals surface area contributed by atoms with E-state index in [4.69, 9.17) is 4.74 Å². The fraction of sp³-hybridized carbons (Fsp3) is 0.533. The van der Waals surface area contributed by atoms with Gasteiger partial charge in [-0.25, -0.2) is 4.39 Å². The molecule has 0 radical (unpaired) electrons. The Bertz CT molecular complexity index is 532. The van der Waals surface area contributed by atoms with E-state index in [9.17, 15) is 14.3 Å². The van der Waals surface area contributed by atoms with E-state index >= 15 is 0 Å². The highest BCUT2D eigenvalue weighted by atomic mass is 19.1. The van der Waals surface area contributed by atoms with Gasteiger partial charge in [-0.3, -0.25) is 4.79 Å². The first-order valence-electron chi connectivity index (χ1n) is 6.87. The number of hydrogen-bond donors (Lipinski definition) is 2. The van der Waals surface area contributed by atoms with Gasteiger partial charge in [-0.2, -0.15) is 0 Å². The van der Waals surface area contributed by atoms with E-state index in [1.807, 2.05) is 19.0 Å². The number of rotatable bonds is 5. The zero-order valence-corrected chi connectivity index (χ0v) is 12.5. The van der Waals surface area contributed by atoms with Crippen LogP contribution in [0.15, 0.2) is 18.2 Å². The zero-order chi connectivity index (χ0) is 15.6. The van der Waals surface area contributed by atoms with Crippen molar-refractivity contribution in [3.05, 3.63) is 29.6 Å². The molecule has 2 rings (SSSR count). The number of likely N-dealkylation sites (N-methyl/N-ethyl adjacent to an activating group) is 1. The molecule has 1 amide bonds. The van der Waals surface area contributed by atoms with E-state index < -0.39 is 11.7 Å². The quantitative estimate of drug-likeness (QED) is 0.833. The van der Waals surface area contributed by atoms with Gasteiger partial charge in [-0.15, -0.1) is 0 Å². The van der Waals surface area contributed by atoms with Crippen molar-refractivity contribution in [2.24, 2.45) is 0 Å². The molecule has 2 unspecified atom stereocenters. The third-order valence-corrected chi connectivity index (χ3v) is 3.29. The van der Waals surface area contributed by atoms with Crippen LogP contribution in [0.4, 0.5) is 4.39 Å². The average molecular weight is 296 g/mol. The molecule has 1 aromatic rings. The van der Waals surface area contributed by atoms with Crippen LogP contribution >= 0.6 is 0 Å². The van der Waals surface area contributed by atoms with Gasteiger partial charge in [-0.1, -0.05) is 0 Å². The fourth-order valence-corrected chi connectivity index (χ4v) is 2.49. The number of aliphatic hydroxyl groups is 1. The number of ether oxygens (including phenoxy) is 1. The van der Waals surface area contributed by atoms with Crippen molar-refractivity contribution in [3.8, 4) is 5.75 Å². The van der Waals surface area contributed by atoms with Gasteiger partial charge in [0.15, 0.2) is 6.10 Å². The maximum Gasteiger partial charge on any atom is 0.261 e. The number of fused-ring (bicyclic) bond motifs is 1. The summed E-state index contributed by atoms with van der Waals surface area (Å²) in [5, 5.41) is 12.8. The number of benzene rings is 1. The summed E-state index contributed by atoms with van der Waals surface area (Å²) in [7, 11) is 3.70. The van der Waals surface area contributed by atoms with Crippen LogP contribution < -0.4 is 10.1 Å². The van der Waals surface area contributed by atoms with Crippen LogP contribution in [0.2, 0.25) is 0 Å². The highest BCUT2D eigenvalue weighted by molar-refractivity contribution is 5.82. The molecule has 6 heteroatoms. The highest BCUT2D eigenvalue weighted by Crippen LogP contribution is 2.29. The Morgan fingerprint density at radius 2 is 2.29 bits per heavy atom. The minimum atomic E-state index is -1.02. The van der Waals surface area contributed by atoms with E-state index in [1.54, 1.807) is 6.92 Å². The van der Waals surface area contributed by atoms with Crippen LogP contribution in [-0.4, -0.2) is 54.8 Å². The van der Waals surface area contributed by atoms with Gasteiger partial charge in [0.1, 0.15) is 11.6 Å². The number of amides is 1. The monoisotopic (exact) mass is 296 g/mol. The lowest BCUT2D eigenvalue weighted by Crippen LogP contribution is -2.49. The smallest absolute Gasteiger partial charge is 0.261 e. The van der Waals surface area contributed by atoms with Crippen LogP contribution in [0.5, 0.6) is 5.75 Å². The molecule has 0 bridgehead atoms. The summed E-state index contributed by atoms with van der Waals surface area (Å²) in [6, 6.07) is 4.21. The summed E-state index contributed by atoms with van der Waals surface area (Å²) in [4.78, 5) is 13.9. The Morgan fingerprint density at radius 3 is 2.95 bits per heavy atom. The normalized spacial score (nSPS) is 19.8. The first kappa shape index (κ1) is 15.7. The Hall–Kier alpha value is -1.66. The van der Waals surface area contributed by atoms with Crippen molar-refractivity contribution in [1.82, 2.24) is 10.2 Å². The molecule has 1 aliphatic rings. The van der Waals surface area contributed by atoms with Crippen LogP contribution in [0, 0.1) is 5.82 Å². The lowest BCUT2D eigenvalue weighted by atomic mass is 10.1. The molecule has 0 fully saturated rings. The van der Waals surface area contributed by atoms with Gasteiger partial charge in [0.2, 0.25) is 0 Å². The van der Waals surface area contributed by atoms with Gasteiger partial charge >= 0.3 is 0 Å². The maximum absolute atomic E-state index is 13.1. The Balaban J connectivity index is 1.89. The molecule has 1 aliphatic heterocycles. The highest BCUT2D eigenvalue weighted by Gasteiger charge is 2.31. The van der Waals surface area contributed by atoms with E-state index in [0.717, 1.165) is 0 Å². The van der Waals surface area contributed by atoms with Crippen LogP contribution in [-0.2, 0) is 11.2 Å². The van der Waals surface area contributed by atoms with Crippen LogP contribution in [0.3, 0.4) is 0 Å². The second kappa shape index (κ2) is 5.99. The molecular weight excluding hydrogens is 275 g/mol. The maximum atomic E-state index is 13.1. The topological polar surface area (TPSA) is 61.8 Å². The Morgan fingerprint density at radius 1 is 1.57 bits per heavy atom. The predicted molar refractivity (Wildman–Crippen MR) is 76.7 cm³/mol. The van der Waals surface area contributed by atoms with Crippen LogP contribution in [0.25, 0.3) is 0 Å². The second-order valence-electron chi connectivity index (χ2n) is 6.02. The SMILES string of the molecule is CN(C)CC(C)(O)CNC(=O)C1Cc2cc(F)ccc2O1. The zero-order valence-electron chi connectivity index (χ0n) is 12.5. The molecule has 2 atom stereocenters. The van der Waals surface area contributed by atoms with Crippen molar-refractivity contribution in [2.45, 2.75) is 25.0 Å². The Kier molecular flexibility index (Phi) is 4.49. The van der Waals surface area contributed by atoms with Gasteiger partial charge < -0.3 is 20.1 Å². The van der Waals surface area contributed by atoms with Gasteiger partial charge in [0, 0.05) is 25.1 Å². The molecule has 21 heavy (non-hydrogen) atoms. The number of nitrogens with one attached hydrogen (secondary N) is 1. The second-order valence-corrected chi connectivity index (χ2v) is 6.02. The van der Waals surface area contributed by atoms with Gasteiger partial charge in [-0.05, 0) is 39.2 Å². The molecule has 116 valence electrons. The summed E-state index contributed by atoms with van der Waals surface area (Å²) in [5.41, 5.74) is -0.327. The summed E-state index contributed by atoms with van der Waals surface area (Å²) in [5.74, 6) is -0.102. The summed E-state index contributed by atoms with van der Waals surface area (Å²) < 4.78 is 18.6. The minimum Gasteiger partial charge on any atom is -0.480 e. The molecule has 1 aromatic carbocycles. The van der Waals surface area contributed by atoms with Gasteiger partial charge in [0.25, 0.3) is 5.91 Å². The Labute approximate surface area is 123 Å². The number of carbonyl (C=O) groups is 1. The molecule has 0 saturated carbocycles. The molecule has 5 nitrogen and oxygen atoms in total. The first-order valence-corrected chi connectivity index (χ1v) is 6.87. The standard InChI is InChI=1S/C15H21FN2O3/c1-15(20,9-18(2)3)8-17-14(19)13-7-10-6-11(16)4-5-12(10)21-13/h4-6,13,20H,7-9H2,1-3H3,(H,17,19). The number of carbonyl (C=O) groups excluding carboxylic acids is 1. The molecular formula is C15H21FN2O3. The predicted octanol–water partition coefficient (Wildman–Crippen LogP) is 0.558. The molecule has 0 aromatic heterocycles. The lowest BCUT2D eigenvalue weighted by Gasteiger charge is -2.27. The van der Waals surface area contributed by atoms with E-state index in [-0.39, 0.29) is 18.3 Å². The minimum absolute atomic E-state index is 0.134. The number of nitrogens with zero attached hydrogens (tertiary/aromatic N) is 1. The first-order chi connectivity index (χ1) is 9.77. The largest absolute Gasteiger partial charge is 0.480 e. The van der Waals surface area contributed by atoms with E-state index in [0.29, 0.717) is 24.3 Å². The third kappa shape index (κ3) is 4.15. The van der Waals surface area contributed by atoms with Crippen molar-refractivity contribution >= 4 is 5.91 Å². The van der Waals surface area contributed by atoms with E-state index in [2.05, 4.69) is 5.32 Å². The van der Waals surface area contributed by atoms with Crippen molar-refractivity contribution in [1.29, 1.82) is 0 Å². The summed E-state index contributed by atoms with van der Waals surface area (Å²) in [6.07, 6.45) is -0.327. The lowest BCUT2D eigenvalue weighted by molar-refractivity contribution is -0.128. The van der Waals surface area contributed by atoms with Gasteiger partial charge in [0.05, 0.1) is 5.60 Å². The number of hydrogen-bond acceptors (Lipinski definition) is 4. The summed E-state index contributed by atoms with van der Waals surface area (Å²) >= 11 is 0. The molecule has 1 heterocycles.